The molecule has 0 fully saturated rings. The van der Waals surface area contributed by atoms with Crippen molar-refractivity contribution in [2.24, 2.45) is 0 Å². The number of H-pyrrole nitrogens is 1. The summed E-state index contributed by atoms with van der Waals surface area (Å²) in [5, 5.41) is 9.34. The van der Waals surface area contributed by atoms with Crippen molar-refractivity contribution in [3.05, 3.63) is 59.0 Å². The Labute approximate surface area is 134 Å². The van der Waals surface area contributed by atoms with Crippen molar-refractivity contribution in [1.82, 2.24) is 15.2 Å². The Hall–Kier alpha value is -2.67. The number of halogens is 1. The van der Waals surface area contributed by atoms with Crippen molar-refractivity contribution in [3.8, 4) is 11.4 Å². The van der Waals surface area contributed by atoms with Crippen LogP contribution in [0.5, 0.6) is 0 Å². The van der Waals surface area contributed by atoms with Gasteiger partial charge in [-0.1, -0.05) is 34.1 Å². The first-order chi connectivity index (χ1) is 10.7. The fraction of sp³-hybridized carbons (Fsp3) is 0. The molecule has 3 aromatic rings. The van der Waals surface area contributed by atoms with Gasteiger partial charge in [-0.25, -0.2) is 0 Å². The molecule has 0 unspecified atom stereocenters. The number of aromatic amines is 1. The molecule has 1 amide bonds. The molecule has 0 spiro atoms. The minimum absolute atomic E-state index is 0.208. The molecule has 6 nitrogen and oxygen atoms in total. The third kappa shape index (κ3) is 3.32. The van der Waals surface area contributed by atoms with Crippen molar-refractivity contribution in [3.63, 3.8) is 0 Å². The van der Waals surface area contributed by atoms with Gasteiger partial charge in [0.15, 0.2) is 5.82 Å². The summed E-state index contributed by atoms with van der Waals surface area (Å²) in [7, 11) is 0. The zero-order valence-electron chi connectivity index (χ0n) is 11.3. The number of hydrogen-bond acceptors (Lipinski definition) is 4. The Bertz CT molecular complexity index is 809. The summed E-state index contributed by atoms with van der Waals surface area (Å²) < 4.78 is 5.99. The quantitative estimate of drug-likeness (QED) is 0.699. The molecule has 0 atom stereocenters. The van der Waals surface area contributed by atoms with Crippen LogP contribution in [0.15, 0.2) is 57.6 Å². The second-order valence-electron chi connectivity index (χ2n) is 4.33. The van der Waals surface area contributed by atoms with E-state index in [1.165, 1.54) is 12.3 Å². The van der Waals surface area contributed by atoms with Gasteiger partial charge in [0.1, 0.15) is 5.76 Å². The maximum atomic E-state index is 11.8. The lowest BCUT2D eigenvalue weighted by atomic mass is 10.2. The van der Waals surface area contributed by atoms with Crippen LogP contribution in [0, 0.1) is 0 Å². The molecule has 0 aliphatic carbocycles. The normalized spacial score (nSPS) is 11.0. The van der Waals surface area contributed by atoms with Crippen LogP contribution in [-0.4, -0.2) is 21.1 Å². The number of aromatic nitrogens is 3. The summed E-state index contributed by atoms with van der Waals surface area (Å²) in [4.78, 5) is 16.0. The van der Waals surface area contributed by atoms with Crippen LogP contribution < -0.4 is 5.32 Å². The maximum absolute atomic E-state index is 11.8. The highest BCUT2D eigenvalue weighted by Crippen LogP contribution is 2.25. The number of anilines is 1. The van der Waals surface area contributed by atoms with Gasteiger partial charge in [-0.05, 0) is 24.3 Å². The van der Waals surface area contributed by atoms with Gasteiger partial charge in [-0.2, -0.15) is 4.98 Å². The highest BCUT2D eigenvalue weighted by atomic mass is 79.9. The fourth-order valence-electron chi connectivity index (χ4n) is 1.79. The van der Waals surface area contributed by atoms with Gasteiger partial charge in [-0.15, -0.1) is 5.10 Å². The van der Waals surface area contributed by atoms with E-state index >= 15 is 0 Å². The predicted octanol–water partition coefficient (Wildman–Crippen LogP) is 3.48. The van der Waals surface area contributed by atoms with E-state index in [9.17, 15) is 4.79 Å². The molecule has 0 aliphatic rings. The SMILES string of the molecule is O=C(/C=C/c1ccco1)Nc1n[nH]c(-c2ccccc2Br)n1. The Morgan fingerprint density at radius 3 is 2.91 bits per heavy atom. The van der Waals surface area contributed by atoms with Gasteiger partial charge in [-0.3, -0.25) is 15.2 Å². The fourth-order valence-corrected chi connectivity index (χ4v) is 2.26. The van der Waals surface area contributed by atoms with E-state index in [1.54, 1.807) is 18.2 Å². The lowest BCUT2D eigenvalue weighted by Gasteiger charge is -1.98. The summed E-state index contributed by atoms with van der Waals surface area (Å²) in [6, 6.07) is 11.1. The van der Waals surface area contributed by atoms with Crippen molar-refractivity contribution >= 4 is 33.9 Å². The molecule has 2 aromatic heterocycles. The average molecular weight is 359 g/mol. The second kappa shape index (κ2) is 6.40. The van der Waals surface area contributed by atoms with Crippen LogP contribution in [-0.2, 0) is 4.79 Å². The average Bonchev–Trinajstić information content (AvgIpc) is 3.17. The minimum atomic E-state index is -0.339. The number of carbonyl (C=O) groups excluding carboxylic acids is 1. The summed E-state index contributed by atoms with van der Waals surface area (Å²) in [5.41, 5.74) is 0.863. The topological polar surface area (TPSA) is 83.8 Å². The number of amides is 1. The summed E-state index contributed by atoms with van der Waals surface area (Å²) in [6.07, 6.45) is 4.46. The molecule has 7 heteroatoms. The zero-order valence-corrected chi connectivity index (χ0v) is 12.9. The van der Waals surface area contributed by atoms with E-state index < -0.39 is 0 Å². The smallest absolute Gasteiger partial charge is 0.250 e. The van der Waals surface area contributed by atoms with Gasteiger partial charge < -0.3 is 4.42 Å². The van der Waals surface area contributed by atoms with E-state index in [4.69, 9.17) is 4.42 Å². The minimum Gasteiger partial charge on any atom is -0.465 e. The van der Waals surface area contributed by atoms with Crippen LogP contribution in [0.3, 0.4) is 0 Å². The Kier molecular flexibility index (Phi) is 4.15. The molecule has 0 radical (unpaired) electrons. The predicted molar refractivity (Wildman–Crippen MR) is 85.9 cm³/mol. The van der Waals surface area contributed by atoms with E-state index in [0.717, 1.165) is 10.0 Å². The second-order valence-corrected chi connectivity index (χ2v) is 5.18. The number of nitrogens with zero attached hydrogens (tertiary/aromatic N) is 2. The number of rotatable bonds is 4. The van der Waals surface area contributed by atoms with E-state index in [1.807, 2.05) is 24.3 Å². The van der Waals surface area contributed by atoms with Crippen LogP contribution in [0.4, 0.5) is 5.95 Å². The molecule has 0 bridgehead atoms. The third-order valence-electron chi connectivity index (χ3n) is 2.79. The first kappa shape index (κ1) is 14.3. The van der Waals surface area contributed by atoms with E-state index in [2.05, 4.69) is 36.4 Å². The van der Waals surface area contributed by atoms with Crippen molar-refractivity contribution in [2.75, 3.05) is 5.32 Å². The molecule has 110 valence electrons. The number of nitrogens with one attached hydrogen (secondary N) is 2. The lowest BCUT2D eigenvalue weighted by Crippen LogP contribution is -2.09. The summed E-state index contributed by atoms with van der Waals surface area (Å²) in [5.74, 6) is 1.03. The highest BCUT2D eigenvalue weighted by molar-refractivity contribution is 9.10. The van der Waals surface area contributed by atoms with Gasteiger partial charge in [0.05, 0.1) is 6.26 Å². The Morgan fingerprint density at radius 2 is 2.14 bits per heavy atom. The number of benzene rings is 1. The van der Waals surface area contributed by atoms with E-state index in [0.29, 0.717) is 11.6 Å². The summed E-state index contributed by atoms with van der Waals surface area (Å²) in [6.45, 7) is 0. The first-order valence-corrected chi connectivity index (χ1v) is 7.21. The number of hydrogen-bond donors (Lipinski definition) is 2. The van der Waals surface area contributed by atoms with Crippen LogP contribution in [0.1, 0.15) is 5.76 Å². The molecule has 0 saturated carbocycles. The van der Waals surface area contributed by atoms with Crippen LogP contribution in [0.25, 0.3) is 17.5 Å². The van der Waals surface area contributed by atoms with E-state index in [-0.39, 0.29) is 11.9 Å². The van der Waals surface area contributed by atoms with Gasteiger partial charge in [0.2, 0.25) is 5.95 Å². The molecular formula is C15H11BrN4O2. The Balaban J connectivity index is 1.69. The summed E-state index contributed by atoms with van der Waals surface area (Å²) >= 11 is 3.44. The lowest BCUT2D eigenvalue weighted by molar-refractivity contribution is -0.111. The standard InChI is InChI=1S/C15H11BrN4O2/c16-12-6-2-1-5-11(12)14-18-15(20-19-14)17-13(21)8-7-10-4-3-9-22-10/h1-9H,(H2,17,18,19,20,21)/b8-7+. The Morgan fingerprint density at radius 1 is 1.27 bits per heavy atom. The van der Waals surface area contributed by atoms with Crippen molar-refractivity contribution < 1.29 is 9.21 Å². The third-order valence-corrected chi connectivity index (χ3v) is 3.48. The van der Waals surface area contributed by atoms with Gasteiger partial charge in [0, 0.05) is 16.1 Å². The highest BCUT2D eigenvalue weighted by Gasteiger charge is 2.09. The molecule has 2 N–H and O–H groups in total. The molecule has 0 aliphatic heterocycles. The molecule has 0 saturated heterocycles. The zero-order chi connectivity index (χ0) is 15.4. The molecule has 22 heavy (non-hydrogen) atoms. The van der Waals surface area contributed by atoms with Crippen molar-refractivity contribution in [1.29, 1.82) is 0 Å². The first-order valence-electron chi connectivity index (χ1n) is 6.42. The molecular weight excluding hydrogens is 348 g/mol. The molecule has 2 heterocycles. The number of furan rings is 1. The molecule has 1 aromatic carbocycles. The largest absolute Gasteiger partial charge is 0.465 e. The van der Waals surface area contributed by atoms with Crippen LogP contribution in [0.2, 0.25) is 0 Å². The maximum Gasteiger partial charge on any atom is 0.250 e. The number of carbonyl (C=O) groups is 1. The van der Waals surface area contributed by atoms with Gasteiger partial charge >= 0.3 is 0 Å². The van der Waals surface area contributed by atoms with Gasteiger partial charge in [0.25, 0.3) is 5.91 Å². The van der Waals surface area contributed by atoms with Crippen LogP contribution >= 0.6 is 15.9 Å². The molecule has 3 rings (SSSR count). The van der Waals surface area contributed by atoms with Crippen molar-refractivity contribution in [2.45, 2.75) is 0 Å². The monoisotopic (exact) mass is 358 g/mol.